The Morgan fingerprint density at radius 3 is 2.94 bits per heavy atom. The fourth-order valence-corrected chi connectivity index (χ4v) is 1.39. The molecule has 4 nitrogen and oxygen atoms in total. The van der Waals surface area contributed by atoms with Gasteiger partial charge in [-0.15, -0.1) is 12.3 Å². The molecule has 0 heterocycles. The van der Waals surface area contributed by atoms with Crippen molar-refractivity contribution in [1.29, 1.82) is 0 Å². The van der Waals surface area contributed by atoms with Gasteiger partial charge in [0.25, 0.3) is 5.91 Å². The summed E-state index contributed by atoms with van der Waals surface area (Å²) in [5, 5.41) is 12.0. The van der Waals surface area contributed by atoms with E-state index in [9.17, 15) is 9.90 Å². The van der Waals surface area contributed by atoms with Crippen molar-refractivity contribution in [2.75, 3.05) is 12.3 Å². The van der Waals surface area contributed by atoms with Crippen LogP contribution in [0.5, 0.6) is 5.75 Å². The van der Waals surface area contributed by atoms with Crippen molar-refractivity contribution in [2.45, 2.75) is 19.3 Å². The van der Waals surface area contributed by atoms with Gasteiger partial charge in [-0.25, -0.2) is 0 Å². The molecule has 0 radical (unpaired) electrons. The van der Waals surface area contributed by atoms with Crippen molar-refractivity contribution < 1.29 is 9.90 Å². The number of aromatic hydroxyl groups is 1. The van der Waals surface area contributed by atoms with E-state index in [2.05, 4.69) is 11.2 Å². The van der Waals surface area contributed by atoms with Gasteiger partial charge in [-0.3, -0.25) is 4.79 Å². The quantitative estimate of drug-likeness (QED) is 0.312. The minimum Gasteiger partial charge on any atom is -0.508 e. The van der Waals surface area contributed by atoms with Gasteiger partial charge in [0.05, 0.1) is 5.56 Å². The number of carbonyl (C=O) groups excluding carboxylic acids is 1. The zero-order valence-corrected chi connectivity index (χ0v) is 9.57. The highest BCUT2D eigenvalue weighted by atomic mass is 16.3. The standard InChI is InChI=1S/C13H16N2O2/c1-2-3-4-5-8-15-13(17)11-9-10(16)6-7-12(11)14/h1,6-7,9,16H,3-5,8,14H2,(H,15,17). The summed E-state index contributed by atoms with van der Waals surface area (Å²) in [5.74, 6) is 2.28. The van der Waals surface area contributed by atoms with E-state index in [0.717, 1.165) is 12.8 Å². The van der Waals surface area contributed by atoms with Gasteiger partial charge in [0.2, 0.25) is 0 Å². The number of nitrogens with two attached hydrogens (primary N) is 1. The number of nitrogens with one attached hydrogen (secondary N) is 1. The highest BCUT2D eigenvalue weighted by Gasteiger charge is 2.09. The fraction of sp³-hybridized carbons (Fsp3) is 0.308. The minimum absolute atomic E-state index is 0.0247. The first-order chi connectivity index (χ1) is 8.15. The van der Waals surface area contributed by atoms with Crippen LogP contribution in [-0.4, -0.2) is 17.6 Å². The SMILES string of the molecule is C#CCCCCNC(=O)c1cc(O)ccc1N. The topological polar surface area (TPSA) is 75.3 Å². The maximum absolute atomic E-state index is 11.7. The van der Waals surface area contributed by atoms with Gasteiger partial charge in [-0.05, 0) is 31.0 Å². The van der Waals surface area contributed by atoms with Crippen LogP contribution in [0.25, 0.3) is 0 Å². The van der Waals surface area contributed by atoms with Crippen LogP contribution in [0.1, 0.15) is 29.6 Å². The van der Waals surface area contributed by atoms with Crippen LogP contribution in [0.3, 0.4) is 0 Å². The lowest BCUT2D eigenvalue weighted by atomic mass is 10.1. The highest BCUT2D eigenvalue weighted by Crippen LogP contribution is 2.18. The molecule has 4 heteroatoms. The number of anilines is 1. The second-order valence-corrected chi connectivity index (χ2v) is 3.69. The first-order valence-electron chi connectivity index (χ1n) is 5.45. The first-order valence-corrected chi connectivity index (χ1v) is 5.45. The zero-order chi connectivity index (χ0) is 12.7. The van der Waals surface area contributed by atoms with Crippen LogP contribution < -0.4 is 11.1 Å². The second-order valence-electron chi connectivity index (χ2n) is 3.69. The van der Waals surface area contributed by atoms with E-state index in [-0.39, 0.29) is 11.7 Å². The summed E-state index contributed by atoms with van der Waals surface area (Å²) < 4.78 is 0. The van der Waals surface area contributed by atoms with Crippen LogP contribution in [0.2, 0.25) is 0 Å². The molecule has 1 amide bonds. The summed E-state index contributed by atoms with van der Waals surface area (Å²) in [5.41, 5.74) is 6.29. The summed E-state index contributed by atoms with van der Waals surface area (Å²) in [7, 11) is 0. The summed E-state index contributed by atoms with van der Waals surface area (Å²) in [6.07, 6.45) is 7.54. The number of rotatable bonds is 5. The van der Waals surface area contributed by atoms with Crippen molar-refractivity contribution in [3.05, 3.63) is 23.8 Å². The molecule has 1 aromatic rings. The largest absolute Gasteiger partial charge is 0.508 e. The Labute approximate surface area is 101 Å². The van der Waals surface area contributed by atoms with Crippen LogP contribution in [0.4, 0.5) is 5.69 Å². The van der Waals surface area contributed by atoms with E-state index < -0.39 is 0 Å². The molecular weight excluding hydrogens is 216 g/mol. The monoisotopic (exact) mass is 232 g/mol. The van der Waals surface area contributed by atoms with E-state index >= 15 is 0 Å². The third kappa shape index (κ3) is 4.07. The number of terminal acetylenes is 1. The average molecular weight is 232 g/mol. The highest BCUT2D eigenvalue weighted by molar-refractivity contribution is 5.99. The molecule has 0 aromatic heterocycles. The Kier molecular flexibility index (Phi) is 4.89. The molecule has 0 aliphatic carbocycles. The number of phenolic OH excluding ortho intramolecular Hbond substituents is 1. The molecule has 0 saturated heterocycles. The molecular formula is C13H16N2O2. The molecule has 0 aliphatic heterocycles. The normalized spacial score (nSPS) is 9.59. The lowest BCUT2D eigenvalue weighted by Gasteiger charge is -2.07. The van der Waals surface area contributed by atoms with E-state index in [1.54, 1.807) is 0 Å². The van der Waals surface area contributed by atoms with Gasteiger partial charge in [0, 0.05) is 18.7 Å². The van der Waals surface area contributed by atoms with Crippen LogP contribution >= 0.6 is 0 Å². The molecule has 90 valence electrons. The Hall–Kier alpha value is -2.15. The van der Waals surface area contributed by atoms with Gasteiger partial charge in [0.1, 0.15) is 5.75 Å². The van der Waals surface area contributed by atoms with E-state index in [1.807, 2.05) is 0 Å². The fourth-order valence-electron chi connectivity index (χ4n) is 1.39. The predicted molar refractivity (Wildman–Crippen MR) is 67.5 cm³/mol. The third-order valence-corrected chi connectivity index (χ3v) is 2.31. The lowest BCUT2D eigenvalue weighted by Crippen LogP contribution is -2.25. The van der Waals surface area contributed by atoms with Gasteiger partial charge in [-0.1, -0.05) is 0 Å². The molecule has 0 bridgehead atoms. The third-order valence-electron chi connectivity index (χ3n) is 2.31. The number of unbranched alkanes of at least 4 members (excludes halogenated alkanes) is 2. The van der Waals surface area contributed by atoms with E-state index in [0.29, 0.717) is 24.2 Å². The molecule has 0 atom stereocenters. The van der Waals surface area contributed by atoms with Gasteiger partial charge >= 0.3 is 0 Å². The molecule has 0 unspecified atom stereocenters. The number of nitrogen functional groups attached to an aromatic ring is 1. The van der Waals surface area contributed by atoms with E-state index in [1.165, 1.54) is 18.2 Å². The van der Waals surface area contributed by atoms with Crippen molar-refractivity contribution in [2.24, 2.45) is 0 Å². The number of hydrogen-bond donors (Lipinski definition) is 3. The van der Waals surface area contributed by atoms with Gasteiger partial charge in [-0.2, -0.15) is 0 Å². The van der Waals surface area contributed by atoms with Crippen molar-refractivity contribution in [1.82, 2.24) is 5.32 Å². The Bertz CT molecular complexity index is 436. The number of carbonyl (C=O) groups is 1. The second kappa shape index (κ2) is 6.44. The predicted octanol–water partition coefficient (Wildman–Crippen LogP) is 1.51. The molecule has 0 saturated carbocycles. The Morgan fingerprint density at radius 1 is 1.47 bits per heavy atom. The zero-order valence-electron chi connectivity index (χ0n) is 9.57. The summed E-state index contributed by atoms with van der Waals surface area (Å²) in [4.78, 5) is 11.7. The van der Waals surface area contributed by atoms with Gasteiger partial charge in [0.15, 0.2) is 0 Å². The van der Waals surface area contributed by atoms with Crippen molar-refractivity contribution in [3.63, 3.8) is 0 Å². The molecule has 0 spiro atoms. The number of amides is 1. The van der Waals surface area contributed by atoms with Gasteiger partial charge < -0.3 is 16.2 Å². The maximum atomic E-state index is 11.7. The number of hydrogen-bond acceptors (Lipinski definition) is 3. The van der Waals surface area contributed by atoms with Crippen LogP contribution in [-0.2, 0) is 0 Å². The smallest absolute Gasteiger partial charge is 0.253 e. The van der Waals surface area contributed by atoms with Crippen LogP contribution in [0, 0.1) is 12.3 Å². The Morgan fingerprint density at radius 2 is 2.24 bits per heavy atom. The first kappa shape index (κ1) is 12.9. The summed E-state index contributed by atoms with van der Waals surface area (Å²) in [6.45, 7) is 0.551. The summed E-state index contributed by atoms with van der Waals surface area (Å²) >= 11 is 0. The molecule has 0 aliphatic rings. The molecule has 1 rings (SSSR count). The lowest BCUT2D eigenvalue weighted by molar-refractivity contribution is 0.0953. The molecule has 4 N–H and O–H groups in total. The maximum Gasteiger partial charge on any atom is 0.253 e. The van der Waals surface area contributed by atoms with E-state index in [4.69, 9.17) is 12.2 Å². The number of phenols is 1. The van der Waals surface area contributed by atoms with Crippen molar-refractivity contribution >= 4 is 11.6 Å². The minimum atomic E-state index is -0.279. The van der Waals surface area contributed by atoms with Crippen LogP contribution in [0.15, 0.2) is 18.2 Å². The average Bonchev–Trinajstić information content (AvgIpc) is 2.32. The molecule has 17 heavy (non-hydrogen) atoms. The molecule has 1 aromatic carbocycles. The molecule has 0 fully saturated rings. The summed E-state index contributed by atoms with van der Waals surface area (Å²) in [6, 6.07) is 4.30. The van der Waals surface area contributed by atoms with Crippen molar-refractivity contribution in [3.8, 4) is 18.1 Å². The number of benzene rings is 1. The Balaban J connectivity index is 2.47.